The van der Waals surface area contributed by atoms with Crippen LogP contribution in [0.3, 0.4) is 0 Å². The molecule has 0 bridgehead atoms. The zero-order valence-corrected chi connectivity index (χ0v) is 8.89. The molecule has 1 radical (unpaired) electrons. The molecule has 0 nitrogen and oxygen atoms in total. The van der Waals surface area contributed by atoms with Gasteiger partial charge in [-0.1, -0.05) is 0 Å². The maximum absolute atomic E-state index is 5.43. The van der Waals surface area contributed by atoms with Crippen LogP contribution < -0.4 is 0 Å². The molecule has 0 aromatic heterocycles. The molecule has 0 heterocycles. The van der Waals surface area contributed by atoms with Crippen molar-refractivity contribution in [2.75, 3.05) is 0 Å². The maximum atomic E-state index is 5.43. The SMILES string of the molecule is [SiH3][SiH2][Si](Cl)Cl. The van der Waals surface area contributed by atoms with Gasteiger partial charge in [0.1, 0.15) is 0 Å². The van der Waals surface area contributed by atoms with Crippen molar-refractivity contribution in [3.63, 3.8) is 0 Å². The quantitative estimate of drug-likeness (QED) is 0.337. The largest absolute Gasteiger partial charge is 0.247 e. The van der Waals surface area contributed by atoms with Gasteiger partial charge in [-0.05, 0) is 9.76 Å². The summed E-state index contributed by atoms with van der Waals surface area (Å²) in [5.41, 5.74) is 0. The van der Waals surface area contributed by atoms with Crippen molar-refractivity contribution in [3.05, 3.63) is 0 Å². The molecule has 0 amide bonds. The van der Waals surface area contributed by atoms with E-state index >= 15 is 0 Å². The monoisotopic (exact) mass is 159 g/mol. The van der Waals surface area contributed by atoms with E-state index < -0.39 is 6.93 Å². The molecular weight excluding hydrogens is 155 g/mol. The molecule has 0 saturated carbocycles. The van der Waals surface area contributed by atoms with Crippen molar-refractivity contribution in [3.8, 4) is 0 Å². The molecule has 0 fully saturated rings. The molecule has 0 N–H and O–H groups in total. The Bertz CT molecular complexity index is 18.9. The first-order chi connectivity index (χ1) is 2.27. The van der Waals surface area contributed by atoms with E-state index in [-0.39, 0.29) is 8.55 Å². The Kier molecular flexibility index (Phi) is 4.26. The maximum Gasteiger partial charge on any atom is 0.247 e. The molecular formula is H5Cl2Si3. The predicted octanol–water partition coefficient (Wildman–Crippen LogP) is -1.10. The second-order valence-electron chi connectivity index (χ2n) is 0.692. The smallest absolute Gasteiger partial charge is 0.152 e. The number of hydrogen-bond donors (Lipinski definition) is 0. The summed E-state index contributed by atoms with van der Waals surface area (Å²) in [6.45, 7) is -0.729. The summed E-state index contributed by atoms with van der Waals surface area (Å²) >= 11 is 10.9. The van der Waals surface area contributed by atoms with Crippen LogP contribution in [0.2, 0.25) is 0 Å². The first-order valence-corrected chi connectivity index (χ1v) is 12.9. The minimum atomic E-state index is -0.729. The Labute approximate surface area is 47.7 Å². The van der Waals surface area contributed by atoms with E-state index in [0.717, 1.165) is 0 Å². The summed E-state index contributed by atoms with van der Waals surface area (Å²) in [5.74, 6) is 0. The lowest BCUT2D eigenvalue weighted by atomic mass is 26.6. The molecule has 5 heteroatoms. The van der Waals surface area contributed by atoms with Gasteiger partial charge in [-0.25, -0.2) is 0 Å². The lowest BCUT2D eigenvalue weighted by molar-refractivity contribution is 3.93. The molecule has 0 atom stereocenters. The van der Waals surface area contributed by atoms with Crippen LogP contribution in [0.25, 0.3) is 0 Å². The fourth-order valence-electron chi connectivity index (χ4n) is 0. The standard InChI is InChI=1S/Cl2H5Si3/c1-5(2)4-3/h4H2,3H3. The third-order valence-electron chi connectivity index (χ3n) is 0.267. The van der Waals surface area contributed by atoms with Crippen molar-refractivity contribution in [2.24, 2.45) is 0 Å². The molecule has 0 spiro atoms. The highest BCUT2D eigenvalue weighted by atomic mass is 35.7. The first-order valence-electron chi connectivity index (χ1n) is 1.44. The minimum Gasteiger partial charge on any atom is -0.152 e. The average Bonchev–Trinajstić information content (AvgIpc) is 1.38. The summed E-state index contributed by atoms with van der Waals surface area (Å²) in [5, 5.41) is 0. The lowest BCUT2D eigenvalue weighted by Crippen LogP contribution is -2.05. The highest BCUT2D eigenvalue weighted by Gasteiger charge is 1.93. The van der Waals surface area contributed by atoms with Crippen LogP contribution in [-0.4, -0.2) is 25.2 Å². The molecule has 0 aromatic carbocycles. The van der Waals surface area contributed by atoms with E-state index in [2.05, 4.69) is 0 Å². The van der Waals surface area contributed by atoms with E-state index in [0.29, 0.717) is 0 Å². The third-order valence-corrected chi connectivity index (χ3v) is 21.6. The Hall–Kier alpha value is 1.23. The molecule has 0 rings (SSSR count). The Morgan fingerprint density at radius 3 is 1.80 bits per heavy atom. The van der Waals surface area contributed by atoms with Gasteiger partial charge in [0.25, 0.3) is 0 Å². The molecule has 0 saturated heterocycles. The van der Waals surface area contributed by atoms with Gasteiger partial charge in [-0.15, -0.1) is 0 Å². The van der Waals surface area contributed by atoms with Gasteiger partial charge in [0.05, 0.1) is 0 Å². The van der Waals surface area contributed by atoms with Gasteiger partial charge in [-0.2, -0.15) is 22.2 Å². The summed E-state index contributed by atoms with van der Waals surface area (Å²) in [6, 6.07) is 0. The molecule has 0 aliphatic heterocycles. The average molecular weight is 160 g/mol. The van der Waals surface area contributed by atoms with Gasteiger partial charge in [0.2, 0.25) is 6.93 Å². The minimum absolute atomic E-state index is 0.120. The van der Waals surface area contributed by atoms with E-state index in [1.54, 1.807) is 0 Å². The predicted molar refractivity (Wildman–Crippen MR) is 35.9 cm³/mol. The lowest BCUT2D eigenvalue weighted by Gasteiger charge is -1.78. The van der Waals surface area contributed by atoms with Gasteiger partial charge in [-0.3, -0.25) is 0 Å². The number of halogens is 2. The molecule has 0 aliphatic rings. The zero-order chi connectivity index (χ0) is 4.28. The number of rotatable bonds is 1. The van der Waals surface area contributed by atoms with Gasteiger partial charge < -0.3 is 0 Å². The van der Waals surface area contributed by atoms with Crippen LogP contribution in [0, 0.1) is 0 Å². The number of hydrogen-bond acceptors (Lipinski definition) is 0. The van der Waals surface area contributed by atoms with Crippen LogP contribution in [0.5, 0.6) is 0 Å². The fraction of sp³-hybridized carbons (Fsp3) is 0. The summed E-state index contributed by atoms with van der Waals surface area (Å²) in [6.07, 6.45) is 0. The van der Waals surface area contributed by atoms with Crippen molar-refractivity contribution >= 4 is 47.4 Å². The molecule has 0 aliphatic carbocycles. The van der Waals surface area contributed by atoms with Crippen LogP contribution in [0.4, 0.5) is 0 Å². The topological polar surface area (TPSA) is 0 Å². The summed E-state index contributed by atoms with van der Waals surface area (Å²) in [4.78, 5) is 0. The van der Waals surface area contributed by atoms with Crippen molar-refractivity contribution in [2.45, 2.75) is 0 Å². The van der Waals surface area contributed by atoms with Gasteiger partial charge in [0, 0.05) is 8.55 Å². The highest BCUT2D eigenvalue weighted by molar-refractivity contribution is 7.63. The molecule has 31 valence electrons. The van der Waals surface area contributed by atoms with Crippen molar-refractivity contribution in [1.29, 1.82) is 0 Å². The van der Waals surface area contributed by atoms with Gasteiger partial charge in [0.15, 0.2) is 0 Å². The normalized spacial score (nSPS) is 12.6. The van der Waals surface area contributed by atoms with Crippen molar-refractivity contribution in [1.82, 2.24) is 0 Å². The van der Waals surface area contributed by atoms with Gasteiger partial charge >= 0.3 is 0 Å². The van der Waals surface area contributed by atoms with E-state index in [1.807, 2.05) is 0 Å². The molecule has 0 aromatic rings. The van der Waals surface area contributed by atoms with Crippen molar-refractivity contribution < 1.29 is 0 Å². The second-order valence-corrected chi connectivity index (χ2v) is 18.7. The summed E-state index contributed by atoms with van der Waals surface area (Å²) in [7, 11) is 1.41. The van der Waals surface area contributed by atoms with Crippen LogP contribution in [0.1, 0.15) is 0 Å². The third kappa shape index (κ3) is 5.23. The fourth-order valence-corrected chi connectivity index (χ4v) is 0. The van der Waals surface area contributed by atoms with E-state index in [4.69, 9.17) is 22.2 Å². The zero-order valence-electron chi connectivity index (χ0n) is 2.96. The van der Waals surface area contributed by atoms with Crippen LogP contribution in [0.15, 0.2) is 0 Å². The molecule has 5 heavy (non-hydrogen) atoms. The van der Waals surface area contributed by atoms with Crippen LogP contribution in [-0.2, 0) is 0 Å². The Morgan fingerprint density at radius 2 is 1.80 bits per heavy atom. The second kappa shape index (κ2) is 3.42. The Balaban J connectivity index is 2.54. The van der Waals surface area contributed by atoms with Crippen LogP contribution >= 0.6 is 22.2 Å². The summed E-state index contributed by atoms with van der Waals surface area (Å²) < 4.78 is 0. The first kappa shape index (κ1) is 6.23. The van der Waals surface area contributed by atoms with E-state index in [9.17, 15) is 0 Å². The van der Waals surface area contributed by atoms with E-state index in [1.165, 1.54) is 9.76 Å². The highest BCUT2D eigenvalue weighted by Crippen LogP contribution is 1.87. The molecule has 0 unspecified atom stereocenters. The Morgan fingerprint density at radius 1 is 1.60 bits per heavy atom.